The number of piperazine rings is 1. The van der Waals surface area contributed by atoms with Crippen LogP contribution in [0.1, 0.15) is 21.2 Å². The Kier molecular flexibility index (Phi) is 6.34. The minimum Gasteiger partial charge on any atom is -0.368 e. The molecule has 0 radical (unpaired) electrons. The molecular formula is C22H23N5O2S. The average Bonchev–Trinajstić information content (AvgIpc) is 3.28. The van der Waals surface area contributed by atoms with Gasteiger partial charge in [0, 0.05) is 50.4 Å². The zero-order chi connectivity index (χ0) is 20.8. The van der Waals surface area contributed by atoms with Gasteiger partial charge in [0.05, 0.1) is 0 Å². The van der Waals surface area contributed by atoms with Crippen LogP contribution in [-0.4, -0.2) is 53.1 Å². The van der Waals surface area contributed by atoms with Gasteiger partial charge in [-0.05, 0) is 24.3 Å². The number of aryl methyl sites for hydroxylation is 1. The summed E-state index contributed by atoms with van der Waals surface area (Å²) in [6.07, 6.45) is 0.869. The Morgan fingerprint density at radius 3 is 2.27 bits per heavy atom. The van der Waals surface area contributed by atoms with Crippen molar-refractivity contribution >= 4 is 34.5 Å². The number of amides is 2. The molecule has 1 N–H and O–H groups in total. The maximum Gasteiger partial charge on any atom is 0.286 e. The van der Waals surface area contributed by atoms with Crippen LogP contribution >= 0.6 is 11.3 Å². The summed E-state index contributed by atoms with van der Waals surface area (Å²) in [5.74, 6) is -0.165. The predicted octanol–water partition coefficient (Wildman–Crippen LogP) is 3.07. The fraction of sp³-hybridized carbons (Fsp3) is 0.273. The van der Waals surface area contributed by atoms with Crippen LogP contribution in [-0.2, 0) is 11.2 Å². The van der Waals surface area contributed by atoms with E-state index in [9.17, 15) is 9.59 Å². The van der Waals surface area contributed by atoms with Crippen LogP contribution < -0.4 is 10.2 Å². The van der Waals surface area contributed by atoms with Gasteiger partial charge in [-0.25, -0.2) is 0 Å². The first-order chi connectivity index (χ1) is 14.7. The summed E-state index contributed by atoms with van der Waals surface area (Å²) in [5.41, 5.74) is 1.91. The Balaban J connectivity index is 1.24. The maximum absolute atomic E-state index is 12.6. The summed E-state index contributed by atoms with van der Waals surface area (Å²) < 4.78 is 0. The SMILES string of the molecule is O=C(Nc1ccccc1)c1nnc(CCC(=O)N2CCN(c3ccccc3)CC2)s1. The molecule has 1 aliphatic rings. The normalized spacial score (nSPS) is 13.9. The van der Waals surface area contributed by atoms with Crippen LogP contribution in [0.3, 0.4) is 0 Å². The molecule has 7 nitrogen and oxygen atoms in total. The summed E-state index contributed by atoms with van der Waals surface area (Å²) in [5, 5.41) is 11.8. The van der Waals surface area contributed by atoms with E-state index in [1.165, 1.54) is 17.0 Å². The maximum atomic E-state index is 12.6. The average molecular weight is 422 g/mol. The molecule has 2 heterocycles. The van der Waals surface area contributed by atoms with Crippen molar-refractivity contribution in [3.63, 3.8) is 0 Å². The zero-order valence-electron chi connectivity index (χ0n) is 16.5. The van der Waals surface area contributed by atoms with E-state index in [0.29, 0.717) is 41.6 Å². The third kappa shape index (κ3) is 5.01. The summed E-state index contributed by atoms with van der Waals surface area (Å²) in [6, 6.07) is 19.5. The van der Waals surface area contributed by atoms with Crippen molar-refractivity contribution in [1.82, 2.24) is 15.1 Å². The van der Waals surface area contributed by atoms with Gasteiger partial charge in [-0.15, -0.1) is 10.2 Å². The number of nitrogens with one attached hydrogen (secondary N) is 1. The second-order valence-electron chi connectivity index (χ2n) is 7.02. The molecule has 1 aliphatic heterocycles. The lowest BCUT2D eigenvalue weighted by atomic mass is 10.2. The second-order valence-corrected chi connectivity index (χ2v) is 8.09. The predicted molar refractivity (Wildman–Crippen MR) is 118 cm³/mol. The number of nitrogens with zero attached hydrogens (tertiary/aromatic N) is 4. The van der Waals surface area contributed by atoms with Crippen molar-refractivity contribution in [2.75, 3.05) is 36.4 Å². The molecule has 3 aromatic rings. The van der Waals surface area contributed by atoms with E-state index in [4.69, 9.17) is 0 Å². The van der Waals surface area contributed by atoms with Gasteiger partial charge in [0.15, 0.2) is 0 Å². The Hall–Kier alpha value is -3.26. The summed E-state index contributed by atoms with van der Waals surface area (Å²) in [7, 11) is 0. The van der Waals surface area contributed by atoms with Crippen LogP contribution in [0.4, 0.5) is 11.4 Å². The number of hydrogen-bond donors (Lipinski definition) is 1. The fourth-order valence-electron chi connectivity index (χ4n) is 3.38. The van der Waals surface area contributed by atoms with Gasteiger partial charge in [-0.1, -0.05) is 47.7 Å². The third-order valence-corrected chi connectivity index (χ3v) is 5.98. The highest BCUT2D eigenvalue weighted by atomic mass is 32.1. The van der Waals surface area contributed by atoms with E-state index in [-0.39, 0.29) is 11.8 Å². The molecule has 1 fully saturated rings. The zero-order valence-corrected chi connectivity index (χ0v) is 17.3. The van der Waals surface area contributed by atoms with Crippen LogP contribution in [0, 0.1) is 0 Å². The molecule has 1 aromatic heterocycles. The molecule has 2 aromatic carbocycles. The van der Waals surface area contributed by atoms with Gasteiger partial charge < -0.3 is 15.1 Å². The Morgan fingerprint density at radius 2 is 1.57 bits per heavy atom. The second kappa shape index (κ2) is 9.49. The Labute approximate surface area is 179 Å². The highest BCUT2D eigenvalue weighted by Gasteiger charge is 2.22. The van der Waals surface area contributed by atoms with E-state index < -0.39 is 0 Å². The molecule has 0 atom stereocenters. The lowest BCUT2D eigenvalue weighted by Crippen LogP contribution is -2.48. The van der Waals surface area contributed by atoms with Crippen LogP contribution in [0.5, 0.6) is 0 Å². The molecule has 0 spiro atoms. The molecular weight excluding hydrogens is 398 g/mol. The van der Waals surface area contributed by atoms with E-state index in [1.54, 1.807) is 0 Å². The van der Waals surface area contributed by atoms with Crippen molar-refractivity contribution in [2.45, 2.75) is 12.8 Å². The number of rotatable bonds is 6. The van der Waals surface area contributed by atoms with Crippen molar-refractivity contribution < 1.29 is 9.59 Å². The number of para-hydroxylation sites is 2. The minimum atomic E-state index is -0.284. The molecule has 0 saturated carbocycles. The first-order valence-corrected chi connectivity index (χ1v) is 10.8. The number of hydrogen-bond acceptors (Lipinski definition) is 6. The number of carbonyl (C=O) groups is 2. The van der Waals surface area contributed by atoms with Gasteiger partial charge in [0.2, 0.25) is 10.9 Å². The highest BCUT2D eigenvalue weighted by molar-refractivity contribution is 7.13. The molecule has 2 amide bonds. The summed E-state index contributed by atoms with van der Waals surface area (Å²) >= 11 is 1.23. The lowest BCUT2D eigenvalue weighted by molar-refractivity contribution is -0.131. The van der Waals surface area contributed by atoms with Crippen LogP contribution in [0.25, 0.3) is 0 Å². The molecule has 0 aliphatic carbocycles. The first-order valence-electron chi connectivity index (χ1n) is 9.95. The van der Waals surface area contributed by atoms with Gasteiger partial charge in [-0.2, -0.15) is 0 Å². The molecule has 154 valence electrons. The molecule has 8 heteroatoms. The molecule has 0 bridgehead atoms. The summed E-state index contributed by atoms with van der Waals surface area (Å²) in [6.45, 7) is 3.10. The van der Waals surface area contributed by atoms with Crippen molar-refractivity contribution in [3.05, 3.63) is 70.7 Å². The molecule has 4 rings (SSSR count). The van der Waals surface area contributed by atoms with E-state index >= 15 is 0 Å². The number of benzene rings is 2. The molecule has 1 saturated heterocycles. The van der Waals surface area contributed by atoms with Gasteiger partial charge in [0.1, 0.15) is 5.01 Å². The quantitative estimate of drug-likeness (QED) is 0.662. The van der Waals surface area contributed by atoms with Gasteiger partial charge in [0.25, 0.3) is 5.91 Å². The molecule has 30 heavy (non-hydrogen) atoms. The van der Waals surface area contributed by atoms with Crippen molar-refractivity contribution in [3.8, 4) is 0 Å². The van der Waals surface area contributed by atoms with Gasteiger partial charge in [-0.3, -0.25) is 9.59 Å². The van der Waals surface area contributed by atoms with Crippen molar-refractivity contribution in [1.29, 1.82) is 0 Å². The minimum absolute atomic E-state index is 0.119. The van der Waals surface area contributed by atoms with Gasteiger partial charge >= 0.3 is 0 Å². The number of carbonyl (C=O) groups excluding carboxylic acids is 2. The lowest BCUT2D eigenvalue weighted by Gasteiger charge is -2.36. The smallest absolute Gasteiger partial charge is 0.286 e. The van der Waals surface area contributed by atoms with Crippen LogP contribution in [0.2, 0.25) is 0 Å². The Bertz CT molecular complexity index is 985. The van der Waals surface area contributed by atoms with E-state index in [1.807, 2.05) is 53.4 Å². The Morgan fingerprint density at radius 1 is 0.900 bits per heavy atom. The third-order valence-electron chi connectivity index (χ3n) is 5.00. The largest absolute Gasteiger partial charge is 0.368 e. The van der Waals surface area contributed by atoms with Crippen molar-refractivity contribution in [2.24, 2.45) is 0 Å². The highest BCUT2D eigenvalue weighted by Crippen LogP contribution is 2.18. The van der Waals surface area contributed by atoms with E-state index in [0.717, 1.165) is 13.1 Å². The molecule has 0 unspecified atom stereocenters. The number of aromatic nitrogens is 2. The van der Waals surface area contributed by atoms with Crippen LogP contribution in [0.15, 0.2) is 60.7 Å². The fourth-order valence-corrected chi connectivity index (χ4v) is 4.11. The first kappa shape index (κ1) is 20.0. The summed E-state index contributed by atoms with van der Waals surface area (Å²) in [4.78, 5) is 29.1. The standard InChI is InChI=1S/C22H23N5O2S/c28-20(27-15-13-26(14-16-27)18-9-5-2-6-10-18)12-11-19-24-25-22(30-19)21(29)23-17-7-3-1-4-8-17/h1-10H,11-16H2,(H,23,29). The topological polar surface area (TPSA) is 78.4 Å². The number of anilines is 2. The monoisotopic (exact) mass is 421 g/mol. The van der Waals surface area contributed by atoms with E-state index in [2.05, 4.69) is 32.5 Å².